The summed E-state index contributed by atoms with van der Waals surface area (Å²) in [6.07, 6.45) is 4.65. The van der Waals surface area contributed by atoms with Gasteiger partial charge in [-0.15, -0.1) is 11.3 Å². The summed E-state index contributed by atoms with van der Waals surface area (Å²) in [6.45, 7) is 0. The zero-order chi connectivity index (χ0) is 17.4. The van der Waals surface area contributed by atoms with Crippen LogP contribution in [0.1, 0.15) is 51.5 Å². The van der Waals surface area contributed by atoms with Crippen LogP contribution in [0.15, 0.2) is 30.3 Å². The zero-order valence-electron chi connectivity index (χ0n) is 14.2. The monoisotopic (exact) mass is 355 g/mol. The van der Waals surface area contributed by atoms with Crippen LogP contribution in [0.25, 0.3) is 0 Å². The van der Waals surface area contributed by atoms with E-state index in [-0.39, 0.29) is 17.8 Å². The van der Waals surface area contributed by atoms with Crippen LogP contribution in [0.2, 0.25) is 0 Å². The second kappa shape index (κ2) is 6.64. The molecule has 1 amide bonds. The average molecular weight is 355 g/mol. The van der Waals surface area contributed by atoms with Gasteiger partial charge in [0.1, 0.15) is 5.00 Å². The Balaban J connectivity index is 1.64. The van der Waals surface area contributed by atoms with Crippen molar-refractivity contribution >= 4 is 28.2 Å². The lowest BCUT2D eigenvalue weighted by atomic mass is 9.83. The maximum Gasteiger partial charge on any atom is 0.341 e. The minimum absolute atomic E-state index is 0.0309. The summed E-state index contributed by atoms with van der Waals surface area (Å²) in [4.78, 5) is 25.7. The van der Waals surface area contributed by atoms with E-state index in [1.165, 1.54) is 17.6 Å². The Hall–Kier alpha value is -2.14. The molecule has 0 spiro atoms. The molecule has 1 unspecified atom stereocenters. The number of thiophene rings is 1. The number of methoxy groups -OCH3 is 1. The highest BCUT2D eigenvalue weighted by atomic mass is 32.1. The molecule has 1 N–H and O–H groups in total. The molecule has 1 aromatic carbocycles. The molecule has 0 saturated heterocycles. The number of carbonyl (C=O) groups is 2. The first kappa shape index (κ1) is 16.3. The number of amides is 1. The van der Waals surface area contributed by atoms with Crippen LogP contribution in [-0.2, 0) is 22.4 Å². The average Bonchev–Trinajstić information content (AvgIpc) is 3.43. The summed E-state index contributed by atoms with van der Waals surface area (Å²) >= 11 is 1.54. The van der Waals surface area contributed by atoms with Crippen molar-refractivity contribution in [2.24, 2.45) is 5.92 Å². The van der Waals surface area contributed by atoms with Crippen LogP contribution >= 0.6 is 11.3 Å². The van der Waals surface area contributed by atoms with Crippen molar-refractivity contribution in [3.8, 4) is 0 Å². The molecule has 2 aliphatic carbocycles. The molecule has 0 radical (unpaired) electrons. The molecule has 1 heterocycles. The third-order valence-electron chi connectivity index (χ3n) is 5.11. The maximum atomic E-state index is 12.3. The number of hydrogen-bond donors (Lipinski definition) is 1. The highest BCUT2D eigenvalue weighted by Gasteiger charge is 2.34. The number of fused-ring (bicyclic) bond motifs is 1. The van der Waals surface area contributed by atoms with E-state index in [4.69, 9.17) is 4.74 Å². The quantitative estimate of drug-likeness (QED) is 0.838. The molecule has 2 aromatic rings. The number of nitrogens with one attached hydrogen (secondary N) is 1. The molecule has 1 fully saturated rings. The number of ether oxygens (including phenoxy) is 1. The van der Waals surface area contributed by atoms with Gasteiger partial charge in [-0.1, -0.05) is 30.3 Å². The summed E-state index contributed by atoms with van der Waals surface area (Å²) < 4.78 is 4.99. The van der Waals surface area contributed by atoms with E-state index < -0.39 is 0 Å². The van der Waals surface area contributed by atoms with Crippen molar-refractivity contribution in [3.05, 3.63) is 51.9 Å². The second-order valence-corrected chi connectivity index (χ2v) is 7.92. The fraction of sp³-hybridized carbons (Fsp3) is 0.400. The minimum Gasteiger partial charge on any atom is -0.465 e. The number of hydrogen-bond acceptors (Lipinski definition) is 4. The Morgan fingerprint density at radius 2 is 1.92 bits per heavy atom. The lowest BCUT2D eigenvalue weighted by Gasteiger charge is -2.22. The van der Waals surface area contributed by atoms with Crippen molar-refractivity contribution in [1.82, 2.24) is 0 Å². The van der Waals surface area contributed by atoms with Crippen molar-refractivity contribution in [2.45, 2.75) is 38.0 Å². The molecule has 1 aromatic heterocycles. The van der Waals surface area contributed by atoms with Crippen molar-refractivity contribution in [1.29, 1.82) is 0 Å². The van der Waals surface area contributed by atoms with Gasteiger partial charge in [-0.3, -0.25) is 4.79 Å². The normalized spacial score (nSPS) is 19.2. The van der Waals surface area contributed by atoms with E-state index in [9.17, 15) is 9.59 Å². The van der Waals surface area contributed by atoms with Crippen LogP contribution in [-0.4, -0.2) is 19.0 Å². The first-order valence-corrected chi connectivity index (χ1v) is 9.57. The van der Waals surface area contributed by atoms with Gasteiger partial charge < -0.3 is 10.1 Å². The number of anilines is 1. The van der Waals surface area contributed by atoms with Gasteiger partial charge in [0, 0.05) is 10.8 Å². The van der Waals surface area contributed by atoms with Crippen LogP contribution in [0.4, 0.5) is 5.00 Å². The largest absolute Gasteiger partial charge is 0.465 e. The van der Waals surface area contributed by atoms with E-state index in [2.05, 4.69) is 29.6 Å². The van der Waals surface area contributed by atoms with E-state index in [0.717, 1.165) is 37.7 Å². The van der Waals surface area contributed by atoms with Crippen LogP contribution in [0, 0.1) is 5.92 Å². The van der Waals surface area contributed by atoms with Gasteiger partial charge in [0.05, 0.1) is 12.7 Å². The van der Waals surface area contributed by atoms with E-state index >= 15 is 0 Å². The Kier molecular flexibility index (Phi) is 4.34. The minimum atomic E-state index is -0.346. The third kappa shape index (κ3) is 3.21. The van der Waals surface area contributed by atoms with Gasteiger partial charge in [-0.2, -0.15) is 0 Å². The van der Waals surface area contributed by atoms with Gasteiger partial charge in [0.15, 0.2) is 0 Å². The molecule has 4 rings (SSSR count). The Bertz CT molecular complexity index is 808. The predicted octanol–water partition coefficient (Wildman–Crippen LogP) is 4.16. The Morgan fingerprint density at radius 1 is 1.16 bits per heavy atom. The van der Waals surface area contributed by atoms with Crippen molar-refractivity contribution in [2.75, 3.05) is 12.4 Å². The third-order valence-corrected chi connectivity index (χ3v) is 6.28. The highest BCUT2D eigenvalue weighted by Crippen LogP contribution is 2.43. The molecule has 4 nitrogen and oxygen atoms in total. The fourth-order valence-electron chi connectivity index (χ4n) is 3.56. The van der Waals surface area contributed by atoms with Crippen molar-refractivity contribution in [3.63, 3.8) is 0 Å². The van der Waals surface area contributed by atoms with E-state index in [1.807, 2.05) is 6.07 Å². The molecule has 0 bridgehead atoms. The van der Waals surface area contributed by atoms with Crippen LogP contribution in [0.3, 0.4) is 0 Å². The lowest BCUT2D eigenvalue weighted by molar-refractivity contribution is -0.117. The van der Waals surface area contributed by atoms with Gasteiger partial charge in [-0.05, 0) is 49.1 Å². The van der Waals surface area contributed by atoms with Crippen molar-refractivity contribution < 1.29 is 14.3 Å². The van der Waals surface area contributed by atoms with Gasteiger partial charge in [0.25, 0.3) is 0 Å². The summed E-state index contributed by atoms with van der Waals surface area (Å²) in [7, 11) is 1.40. The molecule has 2 aliphatic rings. The van der Waals surface area contributed by atoms with Gasteiger partial charge >= 0.3 is 5.97 Å². The number of esters is 1. The molecular weight excluding hydrogens is 334 g/mol. The smallest absolute Gasteiger partial charge is 0.341 e. The molecule has 130 valence electrons. The predicted molar refractivity (Wildman–Crippen MR) is 98.2 cm³/mol. The lowest BCUT2D eigenvalue weighted by Crippen LogP contribution is -2.17. The first-order valence-electron chi connectivity index (χ1n) is 8.76. The fourth-order valence-corrected chi connectivity index (χ4v) is 4.88. The summed E-state index contributed by atoms with van der Waals surface area (Å²) in [6, 6.07) is 10.5. The standard InChI is InChI=1S/C20H21NO3S/c1-24-20(23)17-15-10-9-14(12-5-3-2-4-6-12)11-16(15)25-19(17)21-18(22)13-7-8-13/h2-6,13-14H,7-11H2,1H3,(H,21,22). The molecule has 0 aliphatic heterocycles. The summed E-state index contributed by atoms with van der Waals surface area (Å²) in [5, 5.41) is 3.65. The van der Waals surface area contributed by atoms with Crippen LogP contribution < -0.4 is 5.32 Å². The molecule has 5 heteroatoms. The molecule has 1 saturated carbocycles. The molecule has 1 atom stereocenters. The topological polar surface area (TPSA) is 55.4 Å². The Labute approximate surface area is 151 Å². The molecule has 25 heavy (non-hydrogen) atoms. The van der Waals surface area contributed by atoms with Gasteiger partial charge in [-0.25, -0.2) is 4.79 Å². The number of rotatable bonds is 4. The SMILES string of the molecule is COC(=O)c1c(NC(=O)C2CC2)sc2c1CCC(c1ccccc1)C2. The number of carbonyl (C=O) groups excluding carboxylic acids is 2. The Morgan fingerprint density at radius 3 is 2.60 bits per heavy atom. The molecular formula is C20H21NO3S. The number of benzene rings is 1. The zero-order valence-corrected chi connectivity index (χ0v) is 15.0. The second-order valence-electron chi connectivity index (χ2n) is 6.81. The van der Waals surface area contributed by atoms with E-state index in [1.54, 1.807) is 11.3 Å². The van der Waals surface area contributed by atoms with E-state index in [0.29, 0.717) is 16.5 Å². The highest BCUT2D eigenvalue weighted by molar-refractivity contribution is 7.17. The van der Waals surface area contributed by atoms with Gasteiger partial charge in [0.2, 0.25) is 5.91 Å². The summed E-state index contributed by atoms with van der Waals surface area (Å²) in [5.74, 6) is 0.261. The first-order chi connectivity index (χ1) is 12.2. The maximum absolute atomic E-state index is 12.3. The van der Waals surface area contributed by atoms with Crippen LogP contribution in [0.5, 0.6) is 0 Å². The summed E-state index contributed by atoms with van der Waals surface area (Å²) in [5.41, 5.74) is 2.97.